The number of likely N-dealkylation sites (N-methyl/N-ethyl adjacent to an activating group) is 1. The molecule has 0 spiro atoms. The summed E-state index contributed by atoms with van der Waals surface area (Å²) in [6.45, 7) is 2.08. The van der Waals surface area contributed by atoms with Crippen molar-refractivity contribution in [3.8, 4) is 0 Å². The minimum Gasteiger partial charge on any atom is -0.507 e. The van der Waals surface area contributed by atoms with E-state index >= 15 is 0 Å². The van der Waals surface area contributed by atoms with E-state index in [0.29, 0.717) is 12.3 Å². The van der Waals surface area contributed by atoms with Crippen LogP contribution in [0.5, 0.6) is 0 Å². The van der Waals surface area contributed by atoms with E-state index < -0.39 is 12.1 Å². The van der Waals surface area contributed by atoms with Crippen molar-refractivity contribution in [2.24, 2.45) is 5.16 Å². The second-order valence-corrected chi connectivity index (χ2v) is 5.53. The maximum atomic E-state index is 14.3. The lowest BCUT2D eigenvalue weighted by molar-refractivity contribution is 0.0455. The average molecular weight is 314 g/mol. The maximum absolute atomic E-state index is 14.3. The number of aliphatic hydroxyl groups is 1. The number of benzene rings is 1. The molecule has 0 amide bonds. The molecule has 1 aliphatic carbocycles. The van der Waals surface area contributed by atoms with Gasteiger partial charge in [-0.3, -0.25) is 0 Å². The Morgan fingerprint density at radius 2 is 2.26 bits per heavy atom. The first-order valence-electron chi connectivity index (χ1n) is 7.63. The van der Waals surface area contributed by atoms with Crippen LogP contribution in [0.4, 0.5) is 4.39 Å². The Kier molecular flexibility index (Phi) is 4.19. The van der Waals surface area contributed by atoms with Crippen molar-refractivity contribution in [2.45, 2.75) is 26.0 Å². The van der Waals surface area contributed by atoms with Crippen molar-refractivity contribution in [1.29, 1.82) is 0 Å². The van der Waals surface area contributed by atoms with Gasteiger partial charge in [-0.1, -0.05) is 36.4 Å². The van der Waals surface area contributed by atoms with Gasteiger partial charge in [0.25, 0.3) is 0 Å². The SMILES string of the molecule is CCc1cccc(C2=NOC(C3=C(O)C=CCC=C3F)N2C)c1. The summed E-state index contributed by atoms with van der Waals surface area (Å²) in [6.07, 6.45) is 5.18. The highest BCUT2D eigenvalue weighted by Gasteiger charge is 2.35. The van der Waals surface area contributed by atoms with Crippen molar-refractivity contribution in [2.75, 3.05) is 7.05 Å². The molecule has 3 rings (SSSR count). The van der Waals surface area contributed by atoms with Gasteiger partial charge < -0.3 is 14.8 Å². The maximum Gasteiger partial charge on any atom is 0.233 e. The van der Waals surface area contributed by atoms with Gasteiger partial charge in [0.15, 0.2) is 5.84 Å². The van der Waals surface area contributed by atoms with Crippen LogP contribution in [0.2, 0.25) is 0 Å². The molecule has 1 N–H and O–H groups in total. The molecule has 0 saturated carbocycles. The molecule has 0 bridgehead atoms. The first-order valence-corrected chi connectivity index (χ1v) is 7.63. The monoisotopic (exact) mass is 314 g/mol. The molecule has 1 aromatic rings. The Balaban J connectivity index is 1.91. The third kappa shape index (κ3) is 2.86. The fourth-order valence-electron chi connectivity index (χ4n) is 2.70. The van der Waals surface area contributed by atoms with E-state index in [9.17, 15) is 9.50 Å². The van der Waals surface area contributed by atoms with Crippen molar-refractivity contribution < 1.29 is 14.3 Å². The van der Waals surface area contributed by atoms with Crippen LogP contribution < -0.4 is 0 Å². The fourth-order valence-corrected chi connectivity index (χ4v) is 2.70. The largest absolute Gasteiger partial charge is 0.507 e. The smallest absolute Gasteiger partial charge is 0.233 e. The van der Waals surface area contributed by atoms with Gasteiger partial charge >= 0.3 is 0 Å². The Labute approximate surface area is 134 Å². The lowest BCUT2D eigenvalue weighted by atomic mass is 10.1. The summed E-state index contributed by atoms with van der Waals surface area (Å²) in [4.78, 5) is 7.15. The van der Waals surface area contributed by atoms with Crippen LogP contribution in [0, 0.1) is 0 Å². The van der Waals surface area contributed by atoms with E-state index in [-0.39, 0.29) is 11.3 Å². The summed E-state index contributed by atoms with van der Waals surface area (Å²) in [6, 6.07) is 7.98. The van der Waals surface area contributed by atoms with Gasteiger partial charge in [0.1, 0.15) is 11.6 Å². The average Bonchev–Trinajstić information content (AvgIpc) is 2.85. The molecule has 1 aromatic carbocycles. The Morgan fingerprint density at radius 3 is 3.04 bits per heavy atom. The number of amidine groups is 1. The predicted octanol–water partition coefficient (Wildman–Crippen LogP) is 3.82. The van der Waals surface area contributed by atoms with Crippen molar-refractivity contribution >= 4 is 5.84 Å². The zero-order valence-electron chi connectivity index (χ0n) is 13.2. The van der Waals surface area contributed by atoms with Gasteiger partial charge in [-0.05, 0) is 36.6 Å². The molecule has 5 heteroatoms. The normalized spacial score (nSPS) is 21.0. The molecule has 1 atom stereocenters. The molecule has 0 radical (unpaired) electrons. The first kappa shape index (κ1) is 15.3. The second-order valence-electron chi connectivity index (χ2n) is 5.53. The molecule has 23 heavy (non-hydrogen) atoms. The molecule has 1 aliphatic heterocycles. The van der Waals surface area contributed by atoms with Crippen molar-refractivity contribution in [3.63, 3.8) is 0 Å². The molecule has 1 heterocycles. The van der Waals surface area contributed by atoms with E-state index in [2.05, 4.69) is 12.1 Å². The molecular weight excluding hydrogens is 295 g/mol. The lowest BCUT2D eigenvalue weighted by Gasteiger charge is -2.22. The minimum atomic E-state index is -0.783. The van der Waals surface area contributed by atoms with Gasteiger partial charge in [0.2, 0.25) is 6.23 Å². The predicted molar refractivity (Wildman–Crippen MR) is 87.6 cm³/mol. The summed E-state index contributed by atoms with van der Waals surface area (Å²) >= 11 is 0. The quantitative estimate of drug-likeness (QED) is 0.922. The summed E-state index contributed by atoms with van der Waals surface area (Å²) in [5.74, 6) is 0.00148. The van der Waals surface area contributed by atoms with Gasteiger partial charge in [0.05, 0.1) is 5.57 Å². The van der Waals surface area contributed by atoms with E-state index in [1.54, 1.807) is 18.0 Å². The topological polar surface area (TPSA) is 45.1 Å². The van der Waals surface area contributed by atoms with E-state index in [1.807, 2.05) is 24.3 Å². The van der Waals surface area contributed by atoms with E-state index in [1.165, 1.54) is 17.7 Å². The van der Waals surface area contributed by atoms with Gasteiger partial charge in [-0.25, -0.2) is 4.39 Å². The van der Waals surface area contributed by atoms with Crippen LogP contribution >= 0.6 is 0 Å². The van der Waals surface area contributed by atoms with Gasteiger partial charge in [-0.2, -0.15) is 0 Å². The lowest BCUT2D eigenvalue weighted by Crippen LogP contribution is -2.35. The standard InChI is InChI=1S/C18H19FN2O2/c1-3-12-7-6-8-13(11-12)17-20-23-18(21(17)2)16-14(19)9-4-5-10-15(16)22/h5-11,18,22H,3-4H2,1-2H3. The number of allylic oxidation sites excluding steroid dienone is 3. The number of hydrogen-bond acceptors (Lipinski definition) is 4. The zero-order chi connectivity index (χ0) is 16.4. The van der Waals surface area contributed by atoms with E-state index in [4.69, 9.17) is 4.84 Å². The number of nitrogens with zero attached hydrogens (tertiary/aromatic N) is 2. The van der Waals surface area contributed by atoms with Gasteiger partial charge in [-0.15, -0.1) is 0 Å². The van der Waals surface area contributed by atoms with Crippen LogP contribution in [0.3, 0.4) is 0 Å². The number of hydrogen-bond donors (Lipinski definition) is 1. The molecule has 4 nitrogen and oxygen atoms in total. The van der Waals surface area contributed by atoms with Crippen LogP contribution in [0.25, 0.3) is 0 Å². The Bertz CT molecular complexity index is 734. The molecule has 2 aliphatic rings. The van der Waals surface area contributed by atoms with Crippen LogP contribution in [0.15, 0.2) is 64.8 Å². The van der Waals surface area contributed by atoms with Crippen LogP contribution in [0.1, 0.15) is 24.5 Å². The number of aliphatic hydroxyl groups excluding tert-OH is 1. The second kappa shape index (κ2) is 6.28. The van der Waals surface area contributed by atoms with Crippen molar-refractivity contribution in [1.82, 2.24) is 4.90 Å². The first-order chi connectivity index (χ1) is 11.1. The molecular formula is C18H19FN2O2. The summed E-state index contributed by atoms with van der Waals surface area (Å²) in [5.41, 5.74) is 2.20. The summed E-state index contributed by atoms with van der Waals surface area (Å²) in [5, 5.41) is 14.2. The third-order valence-electron chi connectivity index (χ3n) is 4.01. The highest BCUT2D eigenvalue weighted by atomic mass is 19.1. The van der Waals surface area contributed by atoms with Crippen molar-refractivity contribution in [3.05, 3.63) is 70.8 Å². The fraction of sp³-hybridized carbons (Fsp3) is 0.278. The molecule has 1 unspecified atom stereocenters. The number of oxime groups is 1. The molecule has 0 saturated heterocycles. The van der Waals surface area contributed by atoms with Crippen LogP contribution in [-0.4, -0.2) is 29.1 Å². The summed E-state index contributed by atoms with van der Waals surface area (Å²) in [7, 11) is 1.78. The van der Waals surface area contributed by atoms with Gasteiger partial charge in [0, 0.05) is 12.6 Å². The number of rotatable bonds is 3. The van der Waals surface area contributed by atoms with E-state index in [0.717, 1.165) is 12.0 Å². The number of aryl methyl sites for hydroxylation is 1. The third-order valence-corrected chi connectivity index (χ3v) is 4.01. The zero-order valence-corrected chi connectivity index (χ0v) is 13.2. The summed E-state index contributed by atoms with van der Waals surface area (Å²) < 4.78 is 14.3. The molecule has 0 aromatic heterocycles. The highest BCUT2D eigenvalue weighted by Crippen LogP contribution is 2.30. The van der Waals surface area contributed by atoms with Crippen LogP contribution in [-0.2, 0) is 11.3 Å². The molecule has 0 fully saturated rings. The minimum absolute atomic E-state index is 0.103. The Morgan fingerprint density at radius 1 is 1.43 bits per heavy atom. The number of halogens is 1. The Hall–Kier alpha value is -2.56. The highest BCUT2D eigenvalue weighted by molar-refractivity contribution is 5.99. The molecule has 120 valence electrons.